The van der Waals surface area contributed by atoms with Gasteiger partial charge in [0.05, 0.1) is 6.61 Å². The third kappa shape index (κ3) is 12.2. The topological polar surface area (TPSA) is 52.6 Å². The first-order valence-electron chi connectivity index (χ1n) is 8.19. The van der Waals surface area contributed by atoms with E-state index in [4.69, 9.17) is 9.47 Å². The molecule has 0 N–H and O–H groups in total. The molecule has 1 atom stereocenters. The van der Waals surface area contributed by atoms with Crippen molar-refractivity contribution in [2.75, 3.05) is 6.61 Å². The van der Waals surface area contributed by atoms with Crippen molar-refractivity contribution < 1.29 is 19.1 Å². The van der Waals surface area contributed by atoms with E-state index in [9.17, 15) is 9.59 Å². The summed E-state index contributed by atoms with van der Waals surface area (Å²) < 4.78 is 10.2. The summed E-state index contributed by atoms with van der Waals surface area (Å²) in [6.45, 7) is 6.59. The van der Waals surface area contributed by atoms with Gasteiger partial charge in [0.25, 0.3) is 0 Å². The van der Waals surface area contributed by atoms with Crippen molar-refractivity contribution in [3.63, 3.8) is 0 Å². The SMILES string of the molecule is CCCCCCCOC(=O)/C=C/C(=O)OC(CC)CCC. The van der Waals surface area contributed by atoms with E-state index >= 15 is 0 Å². The van der Waals surface area contributed by atoms with Crippen molar-refractivity contribution in [1.29, 1.82) is 0 Å². The summed E-state index contributed by atoms with van der Waals surface area (Å²) in [7, 11) is 0. The van der Waals surface area contributed by atoms with E-state index in [1.165, 1.54) is 19.3 Å². The maximum absolute atomic E-state index is 11.5. The van der Waals surface area contributed by atoms with Crippen LogP contribution in [0.1, 0.15) is 72.1 Å². The predicted molar refractivity (Wildman–Crippen MR) is 83.9 cm³/mol. The van der Waals surface area contributed by atoms with Crippen LogP contribution in [-0.2, 0) is 19.1 Å². The van der Waals surface area contributed by atoms with E-state index in [1.54, 1.807) is 0 Å². The molecule has 4 nitrogen and oxygen atoms in total. The van der Waals surface area contributed by atoms with Gasteiger partial charge in [0.15, 0.2) is 0 Å². The van der Waals surface area contributed by atoms with E-state index in [-0.39, 0.29) is 6.10 Å². The first-order valence-corrected chi connectivity index (χ1v) is 8.19. The Morgan fingerprint density at radius 3 is 2.19 bits per heavy atom. The van der Waals surface area contributed by atoms with E-state index in [1.807, 2.05) is 13.8 Å². The molecule has 0 aliphatic rings. The van der Waals surface area contributed by atoms with Crippen LogP contribution in [0.4, 0.5) is 0 Å². The van der Waals surface area contributed by atoms with Gasteiger partial charge in [-0.05, 0) is 19.3 Å². The Morgan fingerprint density at radius 2 is 1.57 bits per heavy atom. The van der Waals surface area contributed by atoms with Crippen molar-refractivity contribution >= 4 is 11.9 Å². The second-order valence-electron chi connectivity index (χ2n) is 5.17. The Kier molecular flexibility index (Phi) is 12.8. The zero-order chi connectivity index (χ0) is 15.9. The molecule has 0 aliphatic carbocycles. The van der Waals surface area contributed by atoms with Crippen LogP contribution in [0.5, 0.6) is 0 Å². The van der Waals surface area contributed by atoms with E-state index in [2.05, 4.69) is 6.92 Å². The first kappa shape index (κ1) is 19.7. The normalized spacial score (nSPS) is 12.3. The van der Waals surface area contributed by atoms with E-state index < -0.39 is 11.9 Å². The molecule has 0 amide bonds. The second kappa shape index (κ2) is 13.7. The van der Waals surface area contributed by atoms with Gasteiger partial charge in [0, 0.05) is 12.2 Å². The fraction of sp³-hybridized carbons (Fsp3) is 0.765. The third-order valence-electron chi connectivity index (χ3n) is 3.20. The van der Waals surface area contributed by atoms with Crippen LogP contribution in [-0.4, -0.2) is 24.6 Å². The number of unbranched alkanes of at least 4 members (excludes halogenated alkanes) is 4. The van der Waals surface area contributed by atoms with E-state index in [0.29, 0.717) is 6.61 Å². The van der Waals surface area contributed by atoms with E-state index in [0.717, 1.165) is 44.3 Å². The highest BCUT2D eigenvalue weighted by molar-refractivity contribution is 5.91. The minimum absolute atomic E-state index is 0.0678. The van der Waals surface area contributed by atoms with Gasteiger partial charge in [-0.1, -0.05) is 52.9 Å². The van der Waals surface area contributed by atoms with Crippen LogP contribution in [0.25, 0.3) is 0 Å². The molecule has 21 heavy (non-hydrogen) atoms. The van der Waals surface area contributed by atoms with Gasteiger partial charge >= 0.3 is 11.9 Å². The van der Waals surface area contributed by atoms with Crippen LogP contribution in [0.3, 0.4) is 0 Å². The highest BCUT2D eigenvalue weighted by Crippen LogP contribution is 2.07. The van der Waals surface area contributed by atoms with Crippen LogP contribution in [0, 0.1) is 0 Å². The molecule has 0 heterocycles. The van der Waals surface area contributed by atoms with Gasteiger partial charge in [-0.25, -0.2) is 9.59 Å². The predicted octanol–water partition coefficient (Wildman–Crippen LogP) is 4.18. The molecule has 0 aromatic carbocycles. The van der Waals surface area contributed by atoms with Crippen molar-refractivity contribution in [3.8, 4) is 0 Å². The van der Waals surface area contributed by atoms with Gasteiger partial charge in [0.2, 0.25) is 0 Å². The molecule has 0 saturated heterocycles. The van der Waals surface area contributed by atoms with Gasteiger partial charge in [-0.3, -0.25) is 0 Å². The Hall–Kier alpha value is -1.32. The van der Waals surface area contributed by atoms with Crippen LogP contribution >= 0.6 is 0 Å². The Bertz CT molecular complexity index is 310. The Morgan fingerprint density at radius 1 is 0.905 bits per heavy atom. The molecule has 0 spiro atoms. The fourth-order valence-corrected chi connectivity index (χ4v) is 1.93. The molecule has 122 valence electrons. The minimum atomic E-state index is -0.481. The molecule has 0 aliphatic heterocycles. The average molecular weight is 298 g/mol. The highest BCUT2D eigenvalue weighted by Gasteiger charge is 2.09. The van der Waals surface area contributed by atoms with Gasteiger partial charge < -0.3 is 9.47 Å². The summed E-state index contributed by atoms with van der Waals surface area (Å²) in [5, 5.41) is 0. The molecular formula is C17H30O4. The third-order valence-corrected chi connectivity index (χ3v) is 3.20. The standard InChI is InChI=1S/C17H30O4/c1-4-7-8-9-10-14-20-16(18)12-13-17(19)21-15(6-3)11-5-2/h12-13,15H,4-11,14H2,1-3H3/b13-12+. The lowest BCUT2D eigenvalue weighted by atomic mass is 10.2. The van der Waals surface area contributed by atoms with Crippen LogP contribution in [0.2, 0.25) is 0 Å². The molecule has 0 saturated carbocycles. The average Bonchev–Trinajstić information content (AvgIpc) is 2.48. The monoisotopic (exact) mass is 298 g/mol. The van der Waals surface area contributed by atoms with Gasteiger partial charge in [-0.15, -0.1) is 0 Å². The number of esters is 2. The maximum Gasteiger partial charge on any atom is 0.331 e. The molecule has 0 aromatic heterocycles. The number of carbonyl (C=O) groups is 2. The molecule has 4 heteroatoms. The zero-order valence-corrected chi connectivity index (χ0v) is 13.7. The zero-order valence-electron chi connectivity index (χ0n) is 13.7. The molecule has 0 fully saturated rings. The minimum Gasteiger partial charge on any atom is -0.463 e. The van der Waals surface area contributed by atoms with Crippen molar-refractivity contribution in [2.24, 2.45) is 0 Å². The lowest BCUT2D eigenvalue weighted by molar-refractivity contribution is -0.144. The fourth-order valence-electron chi connectivity index (χ4n) is 1.93. The Balaban J connectivity index is 3.79. The van der Waals surface area contributed by atoms with Gasteiger partial charge in [0.1, 0.15) is 6.10 Å². The molecule has 0 radical (unpaired) electrons. The van der Waals surface area contributed by atoms with Crippen molar-refractivity contribution in [3.05, 3.63) is 12.2 Å². The smallest absolute Gasteiger partial charge is 0.331 e. The summed E-state index contributed by atoms with van der Waals surface area (Å²) >= 11 is 0. The molecular weight excluding hydrogens is 268 g/mol. The number of hydrogen-bond acceptors (Lipinski definition) is 4. The van der Waals surface area contributed by atoms with Gasteiger partial charge in [-0.2, -0.15) is 0 Å². The number of hydrogen-bond donors (Lipinski definition) is 0. The number of ether oxygens (including phenoxy) is 2. The molecule has 0 aromatic rings. The number of rotatable bonds is 12. The molecule has 0 rings (SSSR count). The highest BCUT2D eigenvalue weighted by atomic mass is 16.5. The van der Waals surface area contributed by atoms with Crippen molar-refractivity contribution in [2.45, 2.75) is 78.2 Å². The van der Waals surface area contributed by atoms with Crippen LogP contribution < -0.4 is 0 Å². The summed E-state index contributed by atoms with van der Waals surface area (Å²) in [6, 6.07) is 0. The quantitative estimate of drug-likeness (QED) is 0.308. The number of carbonyl (C=O) groups excluding carboxylic acids is 2. The summed E-state index contributed by atoms with van der Waals surface area (Å²) in [5.41, 5.74) is 0. The summed E-state index contributed by atoms with van der Waals surface area (Å²) in [6.07, 6.45) is 10.4. The maximum atomic E-state index is 11.5. The largest absolute Gasteiger partial charge is 0.463 e. The lowest BCUT2D eigenvalue weighted by Crippen LogP contribution is -2.16. The lowest BCUT2D eigenvalue weighted by Gasteiger charge is -2.13. The molecule has 0 bridgehead atoms. The Labute approximate surface area is 128 Å². The van der Waals surface area contributed by atoms with Crippen molar-refractivity contribution in [1.82, 2.24) is 0 Å². The summed E-state index contributed by atoms with van der Waals surface area (Å²) in [4.78, 5) is 22.9. The second-order valence-corrected chi connectivity index (χ2v) is 5.17. The summed E-state index contributed by atoms with van der Waals surface area (Å²) in [5.74, 6) is -0.957. The van der Waals surface area contributed by atoms with Crippen LogP contribution in [0.15, 0.2) is 12.2 Å². The molecule has 1 unspecified atom stereocenters. The first-order chi connectivity index (χ1) is 10.1.